The van der Waals surface area contributed by atoms with Crippen molar-refractivity contribution < 1.29 is 9.13 Å². The van der Waals surface area contributed by atoms with Crippen molar-refractivity contribution in [2.24, 2.45) is 0 Å². The summed E-state index contributed by atoms with van der Waals surface area (Å²) in [5.74, 6) is 0.0565. The fraction of sp³-hybridized carbons (Fsp3) is 0.0909. The van der Waals surface area contributed by atoms with Crippen LogP contribution in [0.3, 0.4) is 0 Å². The Hall–Kier alpha value is -1.59. The number of halogens is 3. The molecule has 0 amide bonds. The molecule has 0 saturated heterocycles. The fourth-order valence-corrected chi connectivity index (χ4v) is 1.62. The average Bonchev–Trinajstić information content (AvgIpc) is 2.36. The first-order valence-electron chi connectivity index (χ1n) is 4.89. The van der Waals surface area contributed by atoms with Gasteiger partial charge in [-0.25, -0.2) is 9.37 Å². The van der Waals surface area contributed by atoms with Gasteiger partial charge in [0.25, 0.3) is 0 Å². The smallest absolute Gasteiger partial charge is 0.224 e. The number of nitrogens with zero attached hydrogens (tertiary/aromatic N) is 2. The van der Waals surface area contributed by atoms with Gasteiger partial charge in [0.15, 0.2) is 11.6 Å². The summed E-state index contributed by atoms with van der Waals surface area (Å²) < 4.78 is 18.7. The quantitative estimate of drug-likeness (QED) is 0.875. The van der Waals surface area contributed by atoms with E-state index in [0.29, 0.717) is 5.75 Å². The SMILES string of the molecule is COc1cccc(F)c1Nc1nc(Cl)ncc1Cl. The van der Waals surface area contributed by atoms with Gasteiger partial charge in [0.05, 0.1) is 13.3 Å². The maximum atomic E-state index is 13.7. The summed E-state index contributed by atoms with van der Waals surface area (Å²) in [7, 11) is 1.44. The highest BCUT2D eigenvalue weighted by molar-refractivity contribution is 6.33. The Morgan fingerprint density at radius 3 is 2.83 bits per heavy atom. The predicted octanol–water partition coefficient (Wildman–Crippen LogP) is 3.67. The first-order valence-corrected chi connectivity index (χ1v) is 5.65. The van der Waals surface area contributed by atoms with Crippen LogP contribution in [0, 0.1) is 5.82 Å². The van der Waals surface area contributed by atoms with Gasteiger partial charge in [-0.3, -0.25) is 0 Å². The topological polar surface area (TPSA) is 47.0 Å². The molecule has 0 spiro atoms. The van der Waals surface area contributed by atoms with Gasteiger partial charge in [-0.2, -0.15) is 4.98 Å². The third-order valence-corrected chi connectivity index (χ3v) is 2.61. The van der Waals surface area contributed by atoms with E-state index in [1.165, 1.54) is 25.4 Å². The largest absolute Gasteiger partial charge is 0.494 e. The van der Waals surface area contributed by atoms with Crippen molar-refractivity contribution in [1.29, 1.82) is 0 Å². The average molecular weight is 288 g/mol. The molecule has 1 aromatic heterocycles. The lowest BCUT2D eigenvalue weighted by atomic mass is 10.2. The molecule has 1 N–H and O–H groups in total. The van der Waals surface area contributed by atoms with Crippen molar-refractivity contribution in [2.45, 2.75) is 0 Å². The normalized spacial score (nSPS) is 10.2. The summed E-state index contributed by atoms with van der Waals surface area (Å²) in [6, 6.07) is 4.44. The van der Waals surface area contributed by atoms with E-state index in [-0.39, 0.29) is 21.8 Å². The van der Waals surface area contributed by atoms with E-state index >= 15 is 0 Å². The Morgan fingerprint density at radius 1 is 1.33 bits per heavy atom. The first-order chi connectivity index (χ1) is 8.61. The van der Waals surface area contributed by atoms with Gasteiger partial charge in [-0.15, -0.1) is 0 Å². The molecule has 4 nitrogen and oxygen atoms in total. The van der Waals surface area contributed by atoms with Gasteiger partial charge in [0.2, 0.25) is 5.28 Å². The molecule has 0 saturated carbocycles. The lowest BCUT2D eigenvalue weighted by Crippen LogP contribution is -2.00. The predicted molar refractivity (Wildman–Crippen MR) is 68.3 cm³/mol. The highest BCUT2D eigenvalue weighted by Gasteiger charge is 2.12. The molecular formula is C11H8Cl2FN3O. The molecule has 0 atom stereocenters. The summed E-state index contributed by atoms with van der Waals surface area (Å²) in [5.41, 5.74) is 0.136. The monoisotopic (exact) mass is 287 g/mol. The van der Waals surface area contributed by atoms with Crippen molar-refractivity contribution in [2.75, 3.05) is 12.4 Å². The minimum absolute atomic E-state index is 0.0113. The molecule has 0 radical (unpaired) electrons. The van der Waals surface area contributed by atoms with E-state index < -0.39 is 5.82 Å². The number of aromatic nitrogens is 2. The number of anilines is 2. The second kappa shape index (κ2) is 5.37. The highest BCUT2D eigenvalue weighted by Crippen LogP contribution is 2.32. The van der Waals surface area contributed by atoms with E-state index in [9.17, 15) is 4.39 Å². The maximum absolute atomic E-state index is 13.7. The first kappa shape index (κ1) is 12.9. The van der Waals surface area contributed by atoms with E-state index in [1.807, 2.05) is 0 Å². The maximum Gasteiger partial charge on any atom is 0.224 e. The molecule has 0 unspecified atom stereocenters. The second-order valence-electron chi connectivity index (χ2n) is 3.28. The number of hydrogen-bond acceptors (Lipinski definition) is 4. The molecule has 0 aliphatic rings. The van der Waals surface area contributed by atoms with Gasteiger partial charge < -0.3 is 10.1 Å². The molecule has 0 aliphatic carbocycles. The number of ether oxygens (including phenoxy) is 1. The molecule has 0 fully saturated rings. The molecule has 1 heterocycles. The van der Waals surface area contributed by atoms with Crippen LogP contribution < -0.4 is 10.1 Å². The molecule has 94 valence electrons. The van der Waals surface area contributed by atoms with Crippen LogP contribution in [0.2, 0.25) is 10.3 Å². The lowest BCUT2D eigenvalue weighted by molar-refractivity contribution is 0.414. The highest BCUT2D eigenvalue weighted by atomic mass is 35.5. The number of rotatable bonds is 3. The van der Waals surface area contributed by atoms with Crippen molar-refractivity contribution >= 4 is 34.7 Å². The van der Waals surface area contributed by atoms with Gasteiger partial charge in [-0.05, 0) is 23.7 Å². The standard InChI is InChI=1S/C11H8Cl2FN3O/c1-18-8-4-2-3-7(14)9(8)16-10-6(12)5-15-11(13)17-10/h2-5H,1H3,(H,15,16,17). The summed E-state index contributed by atoms with van der Waals surface area (Å²) in [5, 5.41) is 2.97. The summed E-state index contributed by atoms with van der Waals surface area (Å²) in [6.45, 7) is 0. The number of methoxy groups -OCH3 is 1. The van der Waals surface area contributed by atoms with Crippen LogP contribution in [0.15, 0.2) is 24.4 Å². The van der Waals surface area contributed by atoms with Gasteiger partial charge in [-0.1, -0.05) is 17.7 Å². The van der Waals surface area contributed by atoms with E-state index in [2.05, 4.69) is 15.3 Å². The van der Waals surface area contributed by atoms with Crippen molar-refractivity contribution in [3.8, 4) is 5.75 Å². The van der Waals surface area contributed by atoms with E-state index in [4.69, 9.17) is 27.9 Å². The summed E-state index contributed by atoms with van der Waals surface area (Å²) in [4.78, 5) is 7.58. The number of benzene rings is 1. The van der Waals surface area contributed by atoms with Crippen LogP contribution in [-0.2, 0) is 0 Å². The second-order valence-corrected chi connectivity index (χ2v) is 4.02. The van der Waals surface area contributed by atoms with Crippen LogP contribution >= 0.6 is 23.2 Å². The fourth-order valence-electron chi connectivity index (χ4n) is 1.35. The minimum Gasteiger partial charge on any atom is -0.494 e. The lowest BCUT2D eigenvalue weighted by Gasteiger charge is -2.12. The van der Waals surface area contributed by atoms with Crippen molar-refractivity contribution in [3.05, 3.63) is 40.5 Å². The number of nitrogens with one attached hydrogen (secondary N) is 1. The van der Waals surface area contributed by atoms with Gasteiger partial charge in [0, 0.05) is 0 Å². The summed E-state index contributed by atoms with van der Waals surface area (Å²) in [6.07, 6.45) is 1.33. The Balaban J connectivity index is 2.42. The minimum atomic E-state index is -0.486. The third-order valence-electron chi connectivity index (χ3n) is 2.15. The van der Waals surface area contributed by atoms with E-state index in [1.54, 1.807) is 6.07 Å². The molecular weight excluding hydrogens is 280 g/mol. The molecule has 2 aromatic rings. The van der Waals surface area contributed by atoms with Crippen LogP contribution in [-0.4, -0.2) is 17.1 Å². The van der Waals surface area contributed by atoms with Crippen LogP contribution in [0.4, 0.5) is 15.9 Å². The molecule has 18 heavy (non-hydrogen) atoms. The van der Waals surface area contributed by atoms with Crippen molar-refractivity contribution in [3.63, 3.8) is 0 Å². The molecule has 1 aromatic carbocycles. The molecule has 0 aliphatic heterocycles. The number of para-hydroxylation sites is 1. The van der Waals surface area contributed by atoms with E-state index in [0.717, 1.165) is 0 Å². The van der Waals surface area contributed by atoms with Crippen LogP contribution in [0.1, 0.15) is 0 Å². The Labute approximate surface area is 113 Å². The Bertz CT molecular complexity index is 580. The van der Waals surface area contributed by atoms with Crippen LogP contribution in [0.5, 0.6) is 5.75 Å². The zero-order chi connectivity index (χ0) is 13.1. The van der Waals surface area contributed by atoms with Gasteiger partial charge in [0.1, 0.15) is 16.5 Å². The molecule has 0 bridgehead atoms. The zero-order valence-corrected chi connectivity index (χ0v) is 10.8. The van der Waals surface area contributed by atoms with Gasteiger partial charge >= 0.3 is 0 Å². The van der Waals surface area contributed by atoms with Crippen LogP contribution in [0.25, 0.3) is 0 Å². The Kier molecular flexibility index (Phi) is 3.84. The zero-order valence-electron chi connectivity index (χ0n) is 9.25. The molecule has 2 rings (SSSR count). The summed E-state index contributed by atoms with van der Waals surface area (Å²) >= 11 is 11.5. The van der Waals surface area contributed by atoms with Crippen molar-refractivity contribution in [1.82, 2.24) is 9.97 Å². The third kappa shape index (κ3) is 2.63. The Morgan fingerprint density at radius 2 is 2.11 bits per heavy atom. The molecule has 7 heteroatoms. The number of hydrogen-bond donors (Lipinski definition) is 1.